The van der Waals surface area contributed by atoms with Gasteiger partial charge in [-0.1, -0.05) is 60.7 Å². The molecule has 0 atom stereocenters. The molecule has 3 rings (SSSR count). The molecule has 1 heterocycles. The highest BCUT2D eigenvalue weighted by Gasteiger charge is 2.38. The summed E-state index contributed by atoms with van der Waals surface area (Å²) in [5.74, 6) is 1.04. The fraction of sp³-hybridized carbons (Fsp3) is 0.211. The minimum atomic E-state index is -1.40. The minimum absolute atomic E-state index is 0.293. The zero-order valence-corrected chi connectivity index (χ0v) is 13.1. The van der Waals surface area contributed by atoms with E-state index in [1.54, 1.807) is 6.20 Å². The van der Waals surface area contributed by atoms with Gasteiger partial charge in [-0.2, -0.15) is 0 Å². The van der Waals surface area contributed by atoms with Gasteiger partial charge in [0.2, 0.25) is 5.89 Å². The Morgan fingerprint density at radius 2 is 1.57 bits per heavy atom. The SMILES string of the molecule is CNCCc1cnc(C(O)(c2ccccc2)c2ccccc2)o1. The molecule has 1 aromatic heterocycles. The molecule has 0 aliphatic carbocycles. The van der Waals surface area contributed by atoms with E-state index in [-0.39, 0.29) is 0 Å². The Morgan fingerprint density at radius 1 is 1.00 bits per heavy atom. The van der Waals surface area contributed by atoms with Crippen molar-refractivity contribution in [3.8, 4) is 0 Å². The topological polar surface area (TPSA) is 58.3 Å². The van der Waals surface area contributed by atoms with Crippen molar-refractivity contribution in [3.63, 3.8) is 0 Å². The fourth-order valence-corrected chi connectivity index (χ4v) is 2.61. The van der Waals surface area contributed by atoms with Crippen molar-refractivity contribution in [2.75, 3.05) is 13.6 Å². The van der Waals surface area contributed by atoms with Crippen LogP contribution in [-0.4, -0.2) is 23.7 Å². The molecule has 0 fully saturated rings. The van der Waals surface area contributed by atoms with Gasteiger partial charge in [0.15, 0.2) is 5.60 Å². The number of oxazole rings is 1. The Bertz CT molecular complexity index is 699. The molecule has 4 heteroatoms. The first-order valence-corrected chi connectivity index (χ1v) is 7.68. The van der Waals surface area contributed by atoms with Crippen LogP contribution in [0.25, 0.3) is 0 Å². The molecule has 118 valence electrons. The molecule has 0 bridgehead atoms. The molecule has 3 aromatic rings. The number of rotatable bonds is 6. The second kappa shape index (κ2) is 6.77. The highest BCUT2D eigenvalue weighted by atomic mass is 16.4. The van der Waals surface area contributed by atoms with Gasteiger partial charge in [-0.05, 0) is 18.2 Å². The number of aliphatic hydroxyl groups is 1. The summed E-state index contributed by atoms with van der Waals surface area (Å²) in [5.41, 5.74) is 0.0573. The van der Waals surface area contributed by atoms with Crippen LogP contribution in [0.15, 0.2) is 71.3 Å². The number of hydrogen-bond donors (Lipinski definition) is 2. The molecule has 0 aliphatic rings. The highest BCUT2D eigenvalue weighted by molar-refractivity contribution is 5.41. The van der Waals surface area contributed by atoms with Gasteiger partial charge >= 0.3 is 0 Å². The van der Waals surface area contributed by atoms with Crippen molar-refractivity contribution in [1.82, 2.24) is 10.3 Å². The summed E-state index contributed by atoms with van der Waals surface area (Å²) in [6.45, 7) is 0.795. The second-order valence-corrected chi connectivity index (χ2v) is 5.43. The molecular weight excluding hydrogens is 288 g/mol. The van der Waals surface area contributed by atoms with E-state index in [0.717, 1.165) is 29.9 Å². The Kier molecular flexibility index (Phi) is 4.55. The zero-order valence-electron chi connectivity index (χ0n) is 13.1. The van der Waals surface area contributed by atoms with Gasteiger partial charge in [-0.15, -0.1) is 0 Å². The molecule has 0 radical (unpaired) electrons. The first-order chi connectivity index (χ1) is 11.2. The largest absolute Gasteiger partial charge is 0.442 e. The zero-order chi connectivity index (χ0) is 16.1. The summed E-state index contributed by atoms with van der Waals surface area (Å²) in [6, 6.07) is 18.9. The molecule has 0 unspecified atom stereocenters. The Labute approximate surface area is 135 Å². The van der Waals surface area contributed by atoms with Crippen LogP contribution in [0.2, 0.25) is 0 Å². The van der Waals surface area contributed by atoms with Gasteiger partial charge in [0.1, 0.15) is 5.76 Å². The van der Waals surface area contributed by atoms with Crippen LogP contribution in [0.5, 0.6) is 0 Å². The molecule has 4 nitrogen and oxygen atoms in total. The summed E-state index contributed by atoms with van der Waals surface area (Å²) < 4.78 is 5.86. The van der Waals surface area contributed by atoms with E-state index in [1.165, 1.54) is 0 Å². The molecule has 0 spiro atoms. The summed E-state index contributed by atoms with van der Waals surface area (Å²) >= 11 is 0. The van der Waals surface area contributed by atoms with Crippen molar-refractivity contribution in [3.05, 3.63) is 89.6 Å². The fourth-order valence-electron chi connectivity index (χ4n) is 2.61. The molecule has 23 heavy (non-hydrogen) atoms. The van der Waals surface area contributed by atoms with E-state index >= 15 is 0 Å². The molecule has 2 N–H and O–H groups in total. The predicted molar refractivity (Wildman–Crippen MR) is 89.1 cm³/mol. The number of likely N-dealkylation sites (N-methyl/N-ethyl adjacent to an activating group) is 1. The van der Waals surface area contributed by atoms with E-state index in [2.05, 4.69) is 10.3 Å². The van der Waals surface area contributed by atoms with E-state index in [9.17, 15) is 5.11 Å². The number of hydrogen-bond acceptors (Lipinski definition) is 4. The maximum Gasteiger partial charge on any atom is 0.235 e. The first-order valence-electron chi connectivity index (χ1n) is 7.68. The van der Waals surface area contributed by atoms with Gasteiger partial charge in [0.25, 0.3) is 0 Å². The van der Waals surface area contributed by atoms with E-state index in [0.29, 0.717) is 5.89 Å². The lowest BCUT2D eigenvalue weighted by molar-refractivity contribution is 0.0914. The highest BCUT2D eigenvalue weighted by Crippen LogP contribution is 2.36. The standard InChI is InChI=1S/C19H20N2O2/c1-20-13-12-17-14-21-18(23-17)19(22,15-8-4-2-5-9-15)16-10-6-3-7-11-16/h2-11,14,20,22H,12-13H2,1H3. The number of nitrogens with one attached hydrogen (secondary N) is 1. The smallest absolute Gasteiger partial charge is 0.235 e. The van der Waals surface area contributed by atoms with Crippen LogP contribution in [0.3, 0.4) is 0 Å². The molecule has 0 aliphatic heterocycles. The van der Waals surface area contributed by atoms with Crippen LogP contribution < -0.4 is 5.32 Å². The Hall–Kier alpha value is -2.43. The van der Waals surface area contributed by atoms with Crippen molar-refractivity contribution in [2.24, 2.45) is 0 Å². The van der Waals surface area contributed by atoms with Gasteiger partial charge in [0.05, 0.1) is 6.20 Å². The quantitative estimate of drug-likeness (QED) is 0.735. The summed E-state index contributed by atoms with van der Waals surface area (Å²) in [6.07, 6.45) is 2.41. The average Bonchev–Trinajstić information content (AvgIpc) is 3.10. The maximum absolute atomic E-state index is 11.5. The third-order valence-corrected chi connectivity index (χ3v) is 3.87. The third-order valence-electron chi connectivity index (χ3n) is 3.87. The van der Waals surface area contributed by atoms with Gasteiger partial charge in [-0.25, -0.2) is 4.98 Å². The van der Waals surface area contributed by atoms with E-state index in [4.69, 9.17) is 4.42 Å². The molecule has 0 saturated heterocycles. The lowest BCUT2D eigenvalue weighted by Crippen LogP contribution is -2.29. The average molecular weight is 308 g/mol. The number of benzene rings is 2. The van der Waals surface area contributed by atoms with Gasteiger partial charge in [0, 0.05) is 13.0 Å². The molecular formula is C19H20N2O2. The van der Waals surface area contributed by atoms with Crippen molar-refractivity contribution < 1.29 is 9.52 Å². The maximum atomic E-state index is 11.5. The lowest BCUT2D eigenvalue weighted by Gasteiger charge is -2.26. The van der Waals surface area contributed by atoms with Crippen LogP contribution >= 0.6 is 0 Å². The summed E-state index contributed by atoms with van der Waals surface area (Å²) in [4.78, 5) is 4.35. The Balaban J connectivity index is 2.08. The first kappa shape index (κ1) is 15.5. The van der Waals surface area contributed by atoms with Gasteiger partial charge in [-0.3, -0.25) is 0 Å². The molecule has 2 aromatic carbocycles. The molecule has 0 saturated carbocycles. The Morgan fingerprint density at radius 3 is 2.09 bits per heavy atom. The van der Waals surface area contributed by atoms with Crippen LogP contribution in [0.4, 0.5) is 0 Å². The van der Waals surface area contributed by atoms with Crippen LogP contribution in [0.1, 0.15) is 22.8 Å². The molecule has 0 amide bonds. The van der Waals surface area contributed by atoms with Crippen molar-refractivity contribution in [2.45, 2.75) is 12.0 Å². The third kappa shape index (κ3) is 3.04. The van der Waals surface area contributed by atoms with E-state index in [1.807, 2.05) is 67.7 Å². The summed E-state index contributed by atoms with van der Waals surface area (Å²) in [5, 5.41) is 14.6. The van der Waals surface area contributed by atoms with E-state index < -0.39 is 5.60 Å². The predicted octanol–water partition coefficient (Wildman–Crippen LogP) is 2.72. The van der Waals surface area contributed by atoms with Crippen LogP contribution in [0, 0.1) is 0 Å². The summed E-state index contributed by atoms with van der Waals surface area (Å²) in [7, 11) is 1.89. The normalized spacial score (nSPS) is 11.6. The van der Waals surface area contributed by atoms with Crippen molar-refractivity contribution >= 4 is 0 Å². The number of nitrogens with zero attached hydrogens (tertiary/aromatic N) is 1. The van der Waals surface area contributed by atoms with Crippen molar-refractivity contribution in [1.29, 1.82) is 0 Å². The minimum Gasteiger partial charge on any atom is -0.442 e. The van der Waals surface area contributed by atoms with Crippen LogP contribution in [-0.2, 0) is 12.0 Å². The lowest BCUT2D eigenvalue weighted by atomic mass is 9.86. The van der Waals surface area contributed by atoms with Gasteiger partial charge < -0.3 is 14.8 Å². The second-order valence-electron chi connectivity index (χ2n) is 5.43. The monoisotopic (exact) mass is 308 g/mol. The number of aromatic nitrogens is 1.